The predicted molar refractivity (Wildman–Crippen MR) is 159 cm³/mol. The Bertz CT molecular complexity index is 1260. The predicted octanol–water partition coefficient (Wildman–Crippen LogP) is 5.69. The maximum atomic E-state index is 6.66. The fourth-order valence-corrected chi connectivity index (χ4v) is 5.07. The van der Waals surface area contributed by atoms with Gasteiger partial charge in [-0.3, -0.25) is 0 Å². The van der Waals surface area contributed by atoms with E-state index in [0.29, 0.717) is 33.0 Å². The van der Waals surface area contributed by atoms with Crippen LogP contribution in [0.15, 0.2) is 121 Å². The third-order valence-corrected chi connectivity index (χ3v) is 7.21. The van der Waals surface area contributed by atoms with Crippen LogP contribution in [-0.2, 0) is 50.1 Å². The van der Waals surface area contributed by atoms with E-state index in [4.69, 9.17) is 29.4 Å². The van der Waals surface area contributed by atoms with Gasteiger partial charge in [0.05, 0.1) is 39.1 Å². The molecule has 0 spiro atoms. The molecule has 0 amide bonds. The van der Waals surface area contributed by atoms with Gasteiger partial charge in [-0.2, -0.15) is 0 Å². The van der Waals surface area contributed by atoms with Gasteiger partial charge in [0.2, 0.25) is 0 Å². The first-order chi connectivity index (χ1) is 20.3. The first kappa shape index (κ1) is 29.1. The molecular weight excluding hydrogens is 514 g/mol. The maximum Gasteiger partial charge on any atom is 0.115 e. The van der Waals surface area contributed by atoms with Crippen molar-refractivity contribution in [1.82, 2.24) is 0 Å². The van der Waals surface area contributed by atoms with Gasteiger partial charge in [-0.05, 0) is 22.3 Å². The lowest BCUT2D eigenvalue weighted by Gasteiger charge is -2.46. The molecule has 6 heteroatoms. The summed E-state index contributed by atoms with van der Waals surface area (Å²) in [6.45, 7) is 2.33. The van der Waals surface area contributed by atoms with Crippen molar-refractivity contribution in [1.29, 1.82) is 0 Å². The fourth-order valence-electron chi connectivity index (χ4n) is 5.07. The fraction of sp³-hybridized carbons (Fsp3) is 0.314. The van der Waals surface area contributed by atoms with E-state index >= 15 is 0 Å². The molecule has 5 atom stereocenters. The van der Waals surface area contributed by atoms with Crippen LogP contribution in [0, 0.1) is 0 Å². The molecule has 0 bridgehead atoms. The van der Waals surface area contributed by atoms with Gasteiger partial charge >= 0.3 is 0 Å². The molecule has 41 heavy (non-hydrogen) atoms. The molecule has 0 radical (unpaired) electrons. The normalized spacial score (nSPS) is 22.4. The minimum atomic E-state index is -0.446. The van der Waals surface area contributed by atoms with Crippen LogP contribution in [0.4, 0.5) is 0 Å². The van der Waals surface area contributed by atoms with Crippen LogP contribution in [0.1, 0.15) is 22.3 Å². The zero-order valence-electron chi connectivity index (χ0n) is 23.3. The van der Waals surface area contributed by atoms with E-state index in [1.54, 1.807) is 0 Å². The van der Waals surface area contributed by atoms with E-state index in [9.17, 15) is 0 Å². The number of rotatable bonds is 14. The quantitative estimate of drug-likeness (QED) is 0.217. The molecule has 0 saturated carbocycles. The van der Waals surface area contributed by atoms with E-state index in [-0.39, 0.29) is 12.6 Å². The summed E-state index contributed by atoms with van der Waals surface area (Å²) in [5, 5.41) is 0. The molecule has 1 heterocycles. The number of ether oxygens (including phenoxy) is 5. The Morgan fingerprint density at radius 1 is 0.463 bits per heavy atom. The van der Waals surface area contributed by atoms with Gasteiger partial charge in [-0.1, -0.05) is 121 Å². The van der Waals surface area contributed by atoms with Crippen molar-refractivity contribution in [2.75, 3.05) is 13.2 Å². The highest BCUT2D eigenvalue weighted by atomic mass is 16.6. The van der Waals surface area contributed by atoms with Gasteiger partial charge < -0.3 is 29.4 Å². The monoisotopic (exact) mass is 553 g/mol. The maximum absolute atomic E-state index is 6.66. The summed E-state index contributed by atoms with van der Waals surface area (Å²) in [6.07, 6.45) is -2.10. The number of hydrogen-bond acceptors (Lipinski definition) is 6. The summed E-state index contributed by atoms with van der Waals surface area (Å²) in [7, 11) is 0. The highest BCUT2D eigenvalue weighted by Crippen LogP contribution is 2.30. The average molecular weight is 554 g/mol. The Hall–Kier alpha value is -3.36. The lowest BCUT2D eigenvalue weighted by molar-refractivity contribution is -0.270. The topological polar surface area (TPSA) is 72.2 Å². The molecule has 2 N–H and O–H groups in total. The summed E-state index contributed by atoms with van der Waals surface area (Å²) >= 11 is 0. The second kappa shape index (κ2) is 15.6. The lowest BCUT2D eigenvalue weighted by Crippen LogP contribution is -2.62. The van der Waals surface area contributed by atoms with E-state index in [1.807, 2.05) is 97.1 Å². The average Bonchev–Trinajstić information content (AvgIpc) is 3.04. The molecule has 0 aliphatic carbocycles. The second-order valence-corrected chi connectivity index (χ2v) is 10.2. The van der Waals surface area contributed by atoms with E-state index in [0.717, 1.165) is 22.3 Å². The largest absolute Gasteiger partial charge is 0.374 e. The SMILES string of the molecule is NC[C@@H]1O[C@H](COCc2ccccc2)[C@H](OCc2ccccc2)[C@H](OCc2ccccc2)[C@H]1OCc1ccccc1. The number of hydrogen-bond donors (Lipinski definition) is 1. The molecule has 1 aliphatic heterocycles. The highest BCUT2D eigenvalue weighted by Gasteiger charge is 2.48. The minimum Gasteiger partial charge on any atom is -0.374 e. The molecule has 0 unspecified atom stereocenters. The minimum absolute atomic E-state index is 0.283. The summed E-state index contributed by atoms with van der Waals surface area (Å²) in [5.74, 6) is 0. The Labute approximate surface area is 243 Å². The first-order valence-electron chi connectivity index (χ1n) is 14.2. The third kappa shape index (κ3) is 8.57. The van der Waals surface area contributed by atoms with Gasteiger partial charge in [-0.25, -0.2) is 0 Å². The molecule has 5 rings (SSSR count). The smallest absolute Gasteiger partial charge is 0.115 e. The Morgan fingerprint density at radius 2 is 0.829 bits per heavy atom. The van der Waals surface area contributed by atoms with Crippen LogP contribution in [0.25, 0.3) is 0 Å². The number of nitrogens with two attached hydrogens (primary N) is 1. The van der Waals surface area contributed by atoms with Gasteiger partial charge in [0.25, 0.3) is 0 Å². The van der Waals surface area contributed by atoms with Crippen LogP contribution in [0.3, 0.4) is 0 Å². The summed E-state index contributed by atoms with van der Waals surface area (Å²) in [4.78, 5) is 0. The number of benzene rings is 4. The third-order valence-electron chi connectivity index (χ3n) is 7.21. The summed E-state index contributed by atoms with van der Waals surface area (Å²) < 4.78 is 32.5. The van der Waals surface area contributed by atoms with Crippen LogP contribution < -0.4 is 5.73 Å². The van der Waals surface area contributed by atoms with E-state index in [1.165, 1.54) is 0 Å². The van der Waals surface area contributed by atoms with Crippen molar-refractivity contribution >= 4 is 0 Å². The molecule has 4 aromatic rings. The Balaban J connectivity index is 1.38. The van der Waals surface area contributed by atoms with Crippen molar-refractivity contribution in [2.45, 2.75) is 56.9 Å². The van der Waals surface area contributed by atoms with Crippen LogP contribution in [-0.4, -0.2) is 43.7 Å². The molecule has 6 nitrogen and oxygen atoms in total. The summed E-state index contributed by atoms with van der Waals surface area (Å²) in [6, 6.07) is 40.5. The Morgan fingerprint density at radius 3 is 1.24 bits per heavy atom. The molecule has 1 fully saturated rings. The van der Waals surface area contributed by atoms with Crippen LogP contribution in [0.5, 0.6) is 0 Å². The second-order valence-electron chi connectivity index (χ2n) is 10.2. The zero-order valence-corrected chi connectivity index (χ0v) is 23.3. The van der Waals surface area contributed by atoms with Crippen molar-refractivity contribution in [3.63, 3.8) is 0 Å². The molecule has 0 aromatic heterocycles. The standard InChI is InChI=1S/C35H39NO5/c36-21-31-33(38-23-28-15-7-2-8-16-28)35(40-25-30-19-11-4-12-20-30)34(39-24-29-17-9-3-10-18-29)32(41-31)26-37-22-27-13-5-1-6-14-27/h1-20,31-35H,21-26,36H2/t31-,32+,33-,34-,35+/m0/s1. The van der Waals surface area contributed by atoms with Crippen molar-refractivity contribution in [3.05, 3.63) is 144 Å². The van der Waals surface area contributed by atoms with Gasteiger partial charge in [0, 0.05) is 6.54 Å². The lowest BCUT2D eigenvalue weighted by atomic mass is 9.94. The highest BCUT2D eigenvalue weighted by molar-refractivity contribution is 5.16. The van der Waals surface area contributed by atoms with E-state index < -0.39 is 24.4 Å². The van der Waals surface area contributed by atoms with Crippen LogP contribution in [0.2, 0.25) is 0 Å². The van der Waals surface area contributed by atoms with E-state index in [2.05, 4.69) is 24.3 Å². The van der Waals surface area contributed by atoms with Crippen molar-refractivity contribution < 1.29 is 23.7 Å². The molecule has 4 aromatic carbocycles. The first-order valence-corrected chi connectivity index (χ1v) is 14.2. The van der Waals surface area contributed by atoms with Crippen molar-refractivity contribution in [3.8, 4) is 0 Å². The molecule has 1 saturated heterocycles. The van der Waals surface area contributed by atoms with Gasteiger partial charge in [0.1, 0.15) is 24.4 Å². The molecule has 214 valence electrons. The van der Waals surface area contributed by atoms with Crippen LogP contribution >= 0.6 is 0 Å². The molecular formula is C35H39NO5. The van der Waals surface area contributed by atoms with Crippen molar-refractivity contribution in [2.24, 2.45) is 5.73 Å². The Kier molecular flexibility index (Phi) is 11.1. The zero-order chi connectivity index (χ0) is 28.1. The van der Waals surface area contributed by atoms with Gasteiger partial charge in [-0.15, -0.1) is 0 Å². The van der Waals surface area contributed by atoms with Gasteiger partial charge in [0.15, 0.2) is 0 Å². The molecule has 1 aliphatic rings. The summed E-state index contributed by atoms with van der Waals surface area (Å²) in [5.41, 5.74) is 10.6.